The molecular formula is C17H14N4O3. The second-order valence-electron chi connectivity index (χ2n) is 5.05. The molecule has 24 heavy (non-hydrogen) atoms. The number of phenolic OH excluding ortho intramolecular Hbond substituents is 1. The monoisotopic (exact) mass is 322 g/mol. The normalized spacial score (nSPS) is 10.3. The van der Waals surface area contributed by atoms with E-state index >= 15 is 0 Å². The highest BCUT2D eigenvalue weighted by molar-refractivity contribution is 5.94. The zero-order valence-corrected chi connectivity index (χ0v) is 12.6. The first kappa shape index (κ1) is 15.4. The first-order valence-corrected chi connectivity index (χ1v) is 7.21. The van der Waals surface area contributed by atoms with Crippen molar-refractivity contribution in [2.24, 2.45) is 0 Å². The Morgan fingerprint density at radius 2 is 1.96 bits per heavy atom. The fraction of sp³-hybridized carbons (Fsp3) is 0.0588. The van der Waals surface area contributed by atoms with Crippen LogP contribution in [0.4, 0.5) is 0 Å². The zero-order chi connectivity index (χ0) is 16.9. The molecule has 1 amide bonds. The summed E-state index contributed by atoms with van der Waals surface area (Å²) in [5, 5.41) is 18.2. The van der Waals surface area contributed by atoms with E-state index in [-0.39, 0.29) is 17.9 Å². The maximum atomic E-state index is 12.2. The van der Waals surface area contributed by atoms with Gasteiger partial charge in [-0.05, 0) is 42.5 Å². The summed E-state index contributed by atoms with van der Waals surface area (Å²) in [6.07, 6.45) is 1.63. The molecular weight excluding hydrogens is 308 g/mol. The molecule has 0 aliphatic heterocycles. The molecule has 2 aromatic heterocycles. The van der Waals surface area contributed by atoms with E-state index in [2.05, 4.69) is 20.5 Å². The number of aromatic nitrogens is 3. The van der Waals surface area contributed by atoms with Gasteiger partial charge in [0.05, 0.1) is 17.9 Å². The van der Waals surface area contributed by atoms with Crippen LogP contribution >= 0.6 is 0 Å². The highest BCUT2D eigenvalue weighted by atomic mass is 16.3. The molecule has 7 heteroatoms. The minimum absolute atomic E-state index is 0.0380. The summed E-state index contributed by atoms with van der Waals surface area (Å²) >= 11 is 0. The van der Waals surface area contributed by atoms with Gasteiger partial charge in [0.1, 0.15) is 11.3 Å². The number of aromatic hydroxyl groups is 1. The third-order valence-electron chi connectivity index (χ3n) is 3.37. The quantitative estimate of drug-likeness (QED) is 0.674. The number of amides is 1. The minimum Gasteiger partial charge on any atom is -0.508 e. The number of nitrogens with one attached hydrogen (secondary N) is 2. The molecule has 3 rings (SSSR count). The molecule has 0 fully saturated rings. The predicted octanol–water partition coefficient (Wildman–Crippen LogP) is 1.47. The van der Waals surface area contributed by atoms with Crippen molar-refractivity contribution in [3.05, 3.63) is 76.3 Å². The summed E-state index contributed by atoms with van der Waals surface area (Å²) in [6, 6.07) is 13.1. The number of hydrogen-bond donors (Lipinski definition) is 3. The first-order chi connectivity index (χ1) is 11.6. The van der Waals surface area contributed by atoms with Crippen LogP contribution in [0.5, 0.6) is 5.75 Å². The molecule has 0 atom stereocenters. The second-order valence-corrected chi connectivity index (χ2v) is 5.05. The average Bonchev–Trinajstić information content (AvgIpc) is 2.62. The Balaban J connectivity index is 1.82. The van der Waals surface area contributed by atoms with Gasteiger partial charge in [0.15, 0.2) is 0 Å². The molecule has 0 saturated heterocycles. The maximum Gasteiger partial charge on any atom is 0.277 e. The smallest absolute Gasteiger partial charge is 0.277 e. The largest absolute Gasteiger partial charge is 0.508 e. The van der Waals surface area contributed by atoms with Crippen LogP contribution in [-0.2, 0) is 6.54 Å². The van der Waals surface area contributed by atoms with Gasteiger partial charge < -0.3 is 10.4 Å². The van der Waals surface area contributed by atoms with Gasteiger partial charge in [0.2, 0.25) is 0 Å². The molecule has 0 unspecified atom stereocenters. The second kappa shape index (κ2) is 6.74. The van der Waals surface area contributed by atoms with Crippen molar-refractivity contribution in [3.8, 4) is 17.0 Å². The van der Waals surface area contributed by atoms with Gasteiger partial charge in [0, 0.05) is 11.8 Å². The molecule has 0 saturated carbocycles. The van der Waals surface area contributed by atoms with Crippen molar-refractivity contribution in [2.45, 2.75) is 6.54 Å². The number of phenols is 1. The summed E-state index contributed by atoms with van der Waals surface area (Å²) in [5.74, 6) is -0.388. The Bertz CT molecular complexity index is 905. The third kappa shape index (κ3) is 3.46. The van der Waals surface area contributed by atoms with Gasteiger partial charge in [-0.25, -0.2) is 5.10 Å². The van der Waals surface area contributed by atoms with Crippen LogP contribution in [0.3, 0.4) is 0 Å². The van der Waals surface area contributed by atoms with E-state index in [4.69, 9.17) is 0 Å². The lowest BCUT2D eigenvalue weighted by molar-refractivity contribution is 0.0948. The van der Waals surface area contributed by atoms with Crippen molar-refractivity contribution < 1.29 is 9.90 Å². The van der Waals surface area contributed by atoms with Gasteiger partial charge in [-0.1, -0.05) is 6.07 Å². The van der Waals surface area contributed by atoms with Crippen LogP contribution in [0.2, 0.25) is 0 Å². The van der Waals surface area contributed by atoms with Crippen LogP contribution in [0.15, 0.2) is 59.5 Å². The molecule has 120 valence electrons. The van der Waals surface area contributed by atoms with Crippen molar-refractivity contribution in [1.82, 2.24) is 20.5 Å². The lowest BCUT2D eigenvalue weighted by Gasteiger charge is -2.06. The van der Waals surface area contributed by atoms with Gasteiger partial charge in [-0.15, -0.1) is 0 Å². The number of benzene rings is 1. The lowest BCUT2D eigenvalue weighted by atomic mass is 10.1. The molecule has 1 aromatic carbocycles. The standard InChI is InChI=1S/C17H14N4O3/c22-13-6-4-11(5-7-13)15-9-14(17(24)21-20-15)16(23)19-10-12-3-1-2-8-18-12/h1-9,22H,10H2,(H,19,23)(H,21,24). The van der Waals surface area contributed by atoms with E-state index in [1.165, 1.54) is 18.2 Å². The Labute approximate surface area is 137 Å². The number of aromatic amines is 1. The molecule has 0 spiro atoms. The fourth-order valence-corrected chi connectivity index (χ4v) is 2.12. The number of carbonyl (C=O) groups excluding carboxylic acids is 1. The summed E-state index contributed by atoms with van der Waals surface area (Å²) in [7, 11) is 0. The highest BCUT2D eigenvalue weighted by Crippen LogP contribution is 2.19. The molecule has 2 heterocycles. The molecule has 3 N–H and O–H groups in total. The third-order valence-corrected chi connectivity index (χ3v) is 3.37. The van der Waals surface area contributed by atoms with Crippen molar-refractivity contribution >= 4 is 5.91 Å². The van der Waals surface area contributed by atoms with Crippen LogP contribution in [0.1, 0.15) is 16.1 Å². The average molecular weight is 322 g/mol. The van der Waals surface area contributed by atoms with Crippen LogP contribution in [-0.4, -0.2) is 26.2 Å². The molecule has 0 radical (unpaired) electrons. The van der Waals surface area contributed by atoms with Crippen LogP contribution in [0.25, 0.3) is 11.3 Å². The zero-order valence-electron chi connectivity index (χ0n) is 12.6. The number of nitrogens with zero attached hydrogens (tertiary/aromatic N) is 2. The van der Waals surface area contributed by atoms with Gasteiger partial charge in [-0.3, -0.25) is 14.6 Å². The minimum atomic E-state index is -0.573. The molecule has 0 bridgehead atoms. The van der Waals surface area contributed by atoms with Crippen LogP contribution < -0.4 is 10.9 Å². The summed E-state index contributed by atoms with van der Waals surface area (Å²) in [4.78, 5) is 28.2. The number of hydrogen-bond acceptors (Lipinski definition) is 5. The number of rotatable bonds is 4. The Morgan fingerprint density at radius 3 is 2.67 bits per heavy atom. The van der Waals surface area contributed by atoms with Crippen molar-refractivity contribution in [1.29, 1.82) is 0 Å². The Hall–Kier alpha value is -3.48. The van der Waals surface area contributed by atoms with Gasteiger partial charge >= 0.3 is 0 Å². The fourth-order valence-electron chi connectivity index (χ4n) is 2.12. The first-order valence-electron chi connectivity index (χ1n) is 7.21. The van der Waals surface area contributed by atoms with E-state index in [1.54, 1.807) is 30.5 Å². The summed E-state index contributed by atoms with van der Waals surface area (Å²) < 4.78 is 0. The van der Waals surface area contributed by atoms with Gasteiger partial charge in [-0.2, -0.15) is 5.10 Å². The lowest BCUT2D eigenvalue weighted by Crippen LogP contribution is -2.30. The summed E-state index contributed by atoms with van der Waals surface area (Å²) in [5.41, 5.74) is 1.18. The topological polar surface area (TPSA) is 108 Å². The van der Waals surface area contributed by atoms with E-state index in [9.17, 15) is 14.7 Å². The summed E-state index contributed by atoms with van der Waals surface area (Å²) in [6.45, 7) is 0.218. The number of carbonyl (C=O) groups is 1. The number of H-pyrrole nitrogens is 1. The van der Waals surface area contributed by atoms with E-state index in [1.807, 2.05) is 6.07 Å². The van der Waals surface area contributed by atoms with Gasteiger partial charge in [0.25, 0.3) is 11.5 Å². The van der Waals surface area contributed by atoms with E-state index in [0.717, 1.165) is 0 Å². The molecule has 0 aliphatic carbocycles. The SMILES string of the molecule is O=C(NCc1ccccn1)c1cc(-c2ccc(O)cc2)n[nH]c1=O. The Morgan fingerprint density at radius 1 is 1.17 bits per heavy atom. The maximum absolute atomic E-state index is 12.2. The van der Waals surface area contributed by atoms with E-state index in [0.29, 0.717) is 17.0 Å². The highest BCUT2D eigenvalue weighted by Gasteiger charge is 2.13. The van der Waals surface area contributed by atoms with Crippen molar-refractivity contribution in [3.63, 3.8) is 0 Å². The molecule has 7 nitrogen and oxygen atoms in total. The predicted molar refractivity (Wildman–Crippen MR) is 87.4 cm³/mol. The van der Waals surface area contributed by atoms with Crippen molar-refractivity contribution in [2.75, 3.05) is 0 Å². The molecule has 3 aromatic rings. The van der Waals surface area contributed by atoms with Crippen LogP contribution in [0, 0.1) is 0 Å². The number of pyridine rings is 1. The Kier molecular flexibility index (Phi) is 4.33. The molecule has 0 aliphatic rings. The van der Waals surface area contributed by atoms with E-state index < -0.39 is 11.5 Å².